The molecule has 6 nitrogen and oxygen atoms in total. The number of rotatable bonds is 7. The van der Waals surface area contributed by atoms with Crippen molar-refractivity contribution in [2.45, 2.75) is 18.7 Å². The summed E-state index contributed by atoms with van der Waals surface area (Å²) < 4.78 is 11.0. The van der Waals surface area contributed by atoms with Crippen molar-refractivity contribution in [3.63, 3.8) is 0 Å². The summed E-state index contributed by atoms with van der Waals surface area (Å²) in [6, 6.07) is 5.64. The summed E-state index contributed by atoms with van der Waals surface area (Å²) >= 11 is 1.43. The Bertz CT molecular complexity index is 565. The Balaban J connectivity index is 1.88. The van der Waals surface area contributed by atoms with E-state index in [1.807, 2.05) is 32.0 Å². The van der Waals surface area contributed by atoms with Crippen LogP contribution in [0.3, 0.4) is 0 Å². The maximum Gasteiger partial charge on any atom is 0.239 e. The molecule has 7 heteroatoms. The lowest BCUT2D eigenvalue weighted by Crippen LogP contribution is -2.41. The molecule has 0 bridgehead atoms. The van der Waals surface area contributed by atoms with E-state index in [1.165, 1.54) is 11.8 Å². The number of nitrogens with zero attached hydrogens (tertiary/aromatic N) is 1. The summed E-state index contributed by atoms with van der Waals surface area (Å²) in [5.74, 6) is 1.54. The molecular weight excluding hydrogens is 316 g/mol. The molecule has 2 amide bonds. The summed E-state index contributed by atoms with van der Waals surface area (Å²) in [6.07, 6.45) is 0. The molecule has 0 atom stereocenters. The highest BCUT2D eigenvalue weighted by Gasteiger charge is 2.16. The van der Waals surface area contributed by atoms with Gasteiger partial charge in [-0.05, 0) is 32.0 Å². The third-order valence-electron chi connectivity index (χ3n) is 3.32. The maximum absolute atomic E-state index is 12.2. The highest BCUT2D eigenvalue weighted by molar-refractivity contribution is 8.00. The SMILES string of the molecule is CCNC(=O)CN(CC)C(=O)CSc1ccc2c(c1)OCCO2. The number of amides is 2. The Morgan fingerprint density at radius 2 is 1.96 bits per heavy atom. The Kier molecular flexibility index (Phi) is 6.58. The fourth-order valence-electron chi connectivity index (χ4n) is 2.15. The van der Waals surface area contributed by atoms with E-state index in [1.54, 1.807) is 4.90 Å². The molecule has 1 aliphatic heterocycles. The first-order valence-electron chi connectivity index (χ1n) is 7.71. The average molecular weight is 338 g/mol. The lowest BCUT2D eigenvalue weighted by atomic mass is 10.3. The Morgan fingerprint density at radius 3 is 2.65 bits per heavy atom. The molecular formula is C16H22N2O4S. The van der Waals surface area contributed by atoms with Gasteiger partial charge in [0.15, 0.2) is 11.5 Å². The van der Waals surface area contributed by atoms with E-state index in [2.05, 4.69) is 5.32 Å². The number of hydrogen-bond acceptors (Lipinski definition) is 5. The largest absolute Gasteiger partial charge is 0.486 e. The molecule has 0 saturated carbocycles. The second-order valence-corrected chi connectivity index (χ2v) is 6.00. The Morgan fingerprint density at radius 1 is 1.22 bits per heavy atom. The lowest BCUT2D eigenvalue weighted by Gasteiger charge is -2.21. The minimum atomic E-state index is -0.132. The van der Waals surface area contributed by atoms with Crippen LogP contribution in [0.4, 0.5) is 0 Å². The number of likely N-dealkylation sites (N-methyl/N-ethyl adjacent to an activating group) is 2. The molecule has 0 radical (unpaired) electrons. The number of fused-ring (bicyclic) bond motifs is 1. The number of hydrogen-bond donors (Lipinski definition) is 1. The molecule has 1 aromatic carbocycles. The average Bonchev–Trinajstić information content (AvgIpc) is 2.57. The van der Waals surface area contributed by atoms with Crippen LogP contribution in [0.25, 0.3) is 0 Å². The van der Waals surface area contributed by atoms with Crippen LogP contribution in [0, 0.1) is 0 Å². The van der Waals surface area contributed by atoms with Gasteiger partial charge >= 0.3 is 0 Å². The molecule has 1 heterocycles. The van der Waals surface area contributed by atoms with Crippen LogP contribution < -0.4 is 14.8 Å². The van der Waals surface area contributed by atoms with Gasteiger partial charge in [-0.25, -0.2) is 0 Å². The lowest BCUT2D eigenvalue weighted by molar-refractivity contribution is -0.133. The number of ether oxygens (including phenoxy) is 2. The molecule has 0 aliphatic carbocycles. The van der Waals surface area contributed by atoms with Gasteiger partial charge in [0.05, 0.1) is 12.3 Å². The van der Waals surface area contributed by atoms with E-state index in [0.717, 1.165) is 10.6 Å². The van der Waals surface area contributed by atoms with Crippen molar-refractivity contribution in [1.29, 1.82) is 0 Å². The molecule has 0 spiro atoms. The first-order chi connectivity index (χ1) is 11.1. The van der Waals surface area contributed by atoms with E-state index in [4.69, 9.17) is 9.47 Å². The van der Waals surface area contributed by atoms with Gasteiger partial charge in [-0.3, -0.25) is 9.59 Å². The number of nitrogens with one attached hydrogen (secondary N) is 1. The fraction of sp³-hybridized carbons (Fsp3) is 0.500. The summed E-state index contributed by atoms with van der Waals surface area (Å²) in [4.78, 5) is 26.3. The normalized spacial score (nSPS) is 12.6. The summed E-state index contributed by atoms with van der Waals surface area (Å²) in [5, 5.41) is 2.70. The third-order valence-corrected chi connectivity index (χ3v) is 4.30. The first kappa shape index (κ1) is 17.5. The maximum atomic E-state index is 12.2. The minimum absolute atomic E-state index is 0.0568. The number of benzene rings is 1. The molecule has 0 fully saturated rings. The monoisotopic (exact) mass is 338 g/mol. The number of thioether (sulfide) groups is 1. The molecule has 23 heavy (non-hydrogen) atoms. The first-order valence-corrected chi connectivity index (χ1v) is 8.69. The minimum Gasteiger partial charge on any atom is -0.486 e. The van der Waals surface area contributed by atoms with Crippen LogP contribution in [0.15, 0.2) is 23.1 Å². The Hall–Kier alpha value is -1.89. The molecule has 126 valence electrons. The predicted octanol–water partition coefficient (Wildman–Crippen LogP) is 1.53. The predicted molar refractivity (Wildman–Crippen MR) is 89.1 cm³/mol. The van der Waals surface area contributed by atoms with Crippen molar-refractivity contribution in [2.75, 3.05) is 38.6 Å². The van der Waals surface area contributed by atoms with Crippen LogP contribution in [0.1, 0.15) is 13.8 Å². The van der Waals surface area contributed by atoms with E-state index < -0.39 is 0 Å². The summed E-state index contributed by atoms with van der Waals surface area (Å²) in [7, 11) is 0. The van der Waals surface area contributed by atoms with Crippen LogP contribution >= 0.6 is 11.8 Å². The topological polar surface area (TPSA) is 67.9 Å². The molecule has 1 aromatic rings. The second kappa shape index (κ2) is 8.67. The van der Waals surface area contributed by atoms with Gasteiger partial charge < -0.3 is 19.7 Å². The highest BCUT2D eigenvalue weighted by atomic mass is 32.2. The third kappa shape index (κ3) is 5.06. The van der Waals surface area contributed by atoms with E-state index in [0.29, 0.717) is 32.1 Å². The van der Waals surface area contributed by atoms with Crippen LogP contribution in [0.2, 0.25) is 0 Å². The smallest absolute Gasteiger partial charge is 0.239 e. The molecule has 1 N–H and O–H groups in total. The summed E-state index contributed by atoms with van der Waals surface area (Å²) in [6.45, 7) is 6.00. The van der Waals surface area contributed by atoms with Gasteiger partial charge in [-0.15, -0.1) is 11.8 Å². The van der Waals surface area contributed by atoms with Gasteiger partial charge in [0.2, 0.25) is 11.8 Å². The highest BCUT2D eigenvalue weighted by Crippen LogP contribution is 2.34. The standard InChI is InChI=1S/C16H22N2O4S/c1-3-17-15(19)10-18(4-2)16(20)11-23-12-5-6-13-14(9-12)22-8-7-21-13/h5-6,9H,3-4,7-8,10-11H2,1-2H3,(H,17,19). The second-order valence-electron chi connectivity index (χ2n) is 4.96. The van der Waals surface area contributed by atoms with Gasteiger partial charge in [-0.1, -0.05) is 0 Å². The molecule has 2 rings (SSSR count). The number of carbonyl (C=O) groups is 2. The van der Waals surface area contributed by atoms with Crippen molar-refractivity contribution >= 4 is 23.6 Å². The summed E-state index contributed by atoms with van der Waals surface area (Å²) in [5.41, 5.74) is 0. The fourth-order valence-corrected chi connectivity index (χ4v) is 2.98. The van der Waals surface area contributed by atoms with Crippen molar-refractivity contribution in [3.8, 4) is 11.5 Å². The zero-order valence-corrected chi connectivity index (χ0v) is 14.3. The van der Waals surface area contributed by atoms with Crippen molar-refractivity contribution in [3.05, 3.63) is 18.2 Å². The molecule has 0 saturated heterocycles. The van der Waals surface area contributed by atoms with Crippen molar-refractivity contribution in [2.24, 2.45) is 0 Å². The van der Waals surface area contributed by atoms with Crippen molar-refractivity contribution in [1.82, 2.24) is 10.2 Å². The Labute approximate surface area is 140 Å². The van der Waals surface area contributed by atoms with Crippen molar-refractivity contribution < 1.29 is 19.1 Å². The van der Waals surface area contributed by atoms with Gasteiger partial charge in [0.1, 0.15) is 13.2 Å². The zero-order valence-electron chi connectivity index (χ0n) is 13.5. The quantitative estimate of drug-likeness (QED) is 0.764. The van der Waals surface area contributed by atoms with Crippen LogP contribution in [-0.4, -0.2) is 55.3 Å². The van der Waals surface area contributed by atoms with Gasteiger partial charge in [0, 0.05) is 18.0 Å². The molecule has 1 aliphatic rings. The van der Waals surface area contributed by atoms with Gasteiger partial charge in [0.25, 0.3) is 0 Å². The zero-order chi connectivity index (χ0) is 16.7. The van der Waals surface area contributed by atoms with Gasteiger partial charge in [-0.2, -0.15) is 0 Å². The van der Waals surface area contributed by atoms with E-state index in [-0.39, 0.29) is 24.1 Å². The molecule has 0 unspecified atom stereocenters. The van der Waals surface area contributed by atoms with Crippen LogP contribution in [-0.2, 0) is 9.59 Å². The number of carbonyl (C=O) groups excluding carboxylic acids is 2. The van der Waals surface area contributed by atoms with E-state index >= 15 is 0 Å². The van der Waals surface area contributed by atoms with Crippen LogP contribution in [0.5, 0.6) is 11.5 Å². The molecule has 0 aromatic heterocycles. The van der Waals surface area contributed by atoms with E-state index in [9.17, 15) is 9.59 Å².